The highest BCUT2D eigenvalue weighted by Crippen LogP contribution is 2.25. The van der Waals surface area contributed by atoms with Crippen LogP contribution in [0.2, 0.25) is 0 Å². The zero-order valence-electron chi connectivity index (χ0n) is 14.6. The van der Waals surface area contributed by atoms with E-state index in [-0.39, 0.29) is 12.1 Å². The van der Waals surface area contributed by atoms with Gasteiger partial charge in [-0.15, -0.1) is 0 Å². The topological polar surface area (TPSA) is 73.8 Å². The second kappa shape index (κ2) is 7.72. The first-order valence-corrected chi connectivity index (χ1v) is 8.61. The molecule has 3 aromatic rings. The Hall–Kier alpha value is -2.64. The van der Waals surface area contributed by atoms with Crippen LogP contribution in [0.3, 0.4) is 0 Å². The van der Waals surface area contributed by atoms with Gasteiger partial charge in [-0.25, -0.2) is 0 Å². The van der Waals surface area contributed by atoms with Crippen LogP contribution in [0, 0.1) is 0 Å². The molecule has 0 amide bonds. The first kappa shape index (κ1) is 16.8. The molecule has 3 aromatic heterocycles. The van der Waals surface area contributed by atoms with E-state index in [1.54, 1.807) is 25.8 Å². The Balaban J connectivity index is 1.41. The lowest BCUT2D eigenvalue weighted by molar-refractivity contribution is 0.107. The highest BCUT2D eigenvalue weighted by Gasteiger charge is 2.33. The molecule has 136 valence electrons. The average Bonchev–Trinajstić information content (AvgIpc) is 3.42. The van der Waals surface area contributed by atoms with E-state index in [4.69, 9.17) is 18.4 Å². The molecule has 7 heteroatoms. The Morgan fingerprint density at radius 2 is 2.23 bits per heavy atom. The van der Waals surface area contributed by atoms with Crippen molar-refractivity contribution in [2.75, 3.05) is 20.3 Å². The summed E-state index contributed by atoms with van der Waals surface area (Å²) in [4.78, 5) is 6.39. The van der Waals surface area contributed by atoms with Gasteiger partial charge in [0.15, 0.2) is 5.76 Å². The molecule has 0 spiro atoms. The van der Waals surface area contributed by atoms with Crippen molar-refractivity contribution < 1.29 is 18.4 Å². The molecule has 1 fully saturated rings. The lowest BCUT2D eigenvalue weighted by Crippen LogP contribution is -2.34. The van der Waals surface area contributed by atoms with Crippen LogP contribution in [-0.4, -0.2) is 47.4 Å². The van der Waals surface area contributed by atoms with E-state index in [9.17, 15) is 0 Å². The van der Waals surface area contributed by atoms with Gasteiger partial charge in [0.2, 0.25) is 5.76 Å². The second-order valence-corrected chi connectivity index (χ2v) is 6.34. The Morgan fingerprint density at radius 1 is 1.27 bits per heavy atom. The van der Waals surface area contributed by atoms with Crippen molar-refractivity contribution in [3.05, 3.63) is 54.7 Å². The van der Waals surface area contributed by atoms with Gasteiger partial charge in [-0.2, -0.15) is 0 Å². The molecule has 0 aromatic carbocycles. The molecule has 0 radical (unpaired) electrons. The average molecular weight is 355 g/mol. The third-order valence-electron chi connectivity index (χ3n) is 4.59. The fourth-order valence-electron chi connectivity index (χ4n) is 3.23. The van der Waals surface area contributed by atoms with Crippen molar-refractivity contribution in [3.63, 3.8) is 0 Å². The molecule has 0 saturated carbocycles. The number of rotatable bonds is 7. The third kappa shape index (κ3) is 3.79. The number of methoxy groups -OCH3 is 1. The SMILES string of the molecule is CO[C@@H]1C[C@@H](COc2cccnc2)N(Cc2cc(-c3ccco3)on2)C1. The van der Waals surface area contributed by atoms with Gasteiger partial charge in [-0.1, -0.05) is 5.16 Å². The van der Waals surface area contributed by atoms with Gasteiger partial charge in [-0.3, -0.25) is 9.88 Å². The smallest absolute Gasteiger partial charge is 0.202 e. The molecule has 0 unspecified atom stereocenters. The second-order valence-electron chi connectivity index (χ2n) is 6.34. The number of furan rings is 1. The monoisotopic (exact) mass is 355 g/mol. The molecule has 0 bridgehead atoms. The summed E-state index contributed by atoms with van der Waals surface area (Å²) in [7, 11) is 1.75. The molecule has 0 N–H and O–H groups in total. The van der Waals surface area contributed by atoms with Crippen molar-refractivity contribution in [2.24, 2.45) is 0 Å². The van der Waals surface area contributed by atoms with Crippen molar-refractivity contribution in [1.29, 1.82) is 0 Å². The molecular weight excluding hydrogens is 334 g/mol. The Bertz CT molecular complexity index is 803. The fraction of sp³-hybridized carbons (Fsp3) is 0.368. The maximum atomic E-state index is 5.90. The van der Waals surface area contributed by atoms with Crippen LogP contribution in [-0.2, 0) is 11.3 Å². The van der Waals surface area contributed by atoms with E-state index < -0.39 is 0 Å². The molecule has 7 nitrogen and oxygen atoms in total. The lowest BCUT2D eigenvalue weighted by atomic mass is 10.2. The number of likely N-dealkylation sites (tertiary alicyclic amines) is 1. The third-order valence-corrected chi connectivity index (χ3v) is 4.59. The summed E-state index contributed by atoms with van der Waals surface area (Å²) >= 11 is 0. The summed E-state index contributed by atoms with van der Waals surface area (Å²) in [6.45, 7) is 2.08. The Kier molecular flexibility index (Phi) is 4.99. The van der Waals surface area contributed by atoms with Crippen LogP contribution in [0.25, 0.3) is 11.5 Å². The van der Waals surface area contributed by atoms with Crippen LogP contribution in [0.15, 0.2) is 57.9 Å². The molecule has 1 aliphatic rings. The van der Waals surface area contributed by atoms with Crippen molar-refractivity contribution in [1.82, 2.24) is 15.0 Å². The molecule has 4 rings (SSSR count). The van der Waals surface area contributed by atoms with Crippen LogP contribution >= 0.6 is 0 Å². The predicted molar refractivity (Wildman–Crippen MR) is 93.5 cm³/mol. The van der Waals surface area contributed by atoms with E-state index >= 15 is 0 Å². The first-order chi connectivity index (χ1) is 12.8. The van der Waals surface area contributed by atoms with Crippen LogP contribution in [0.5, 0.6) is 5.75 Å². The summed E-state index contributed by atoms with van der Waals surface area (Å²) in [6, 6.07) is 9.61. The highest BCUT2D eigenvalue weighted by atomic mass is 16.5. The van der Waals surface area contributed by atoms with Gasteiger partial charge in [0.25, 0.3) is 0 Å². The minimum Gasteiger partial charge on any atom is -0.490 e. The lowest BCUT2D eigenvalue weighted by Gasteiger charge is -2.23. The van der Waals surface area contributed by atoms with Gasteiger partial charge in [0, 0.05) is 38.5 Å². The molecule has 4 heterocycles. The Morgan fingerprint density at radius 3 is 3.00 bits per heavy atom. The number of aromatic nitrogens is 2. The zero-order valence-corrected chi connectivity index (χ0v) is 14.6. The maximum absolute atomic E-state index is 5.90. The van der Waals surface area contributed by atoms with E-state index in [1.165, 1.54) is 0 Å². The Labute approximate surface area is 151 Å². The molecule has 2 atom stereocenters. The maximum Gasteiger partial charge on any atom is 0.202 e. The molecule has 0 aliphatic carbocycles. The molecular formula is C19H21N3O4. The normalized spacial score (nSPS) is 20.5. The van der Waals surface area contributed by atoms with Gasteiger partial charge in [0.1, 0.15) is 12.4 Å². The summed E-state index contributed by atoms with van der Waals surface area (Å²) in [6.07, 6.45) is 6.18. The molecule has 26 heavy (non-hydrogen) atoms. The van der Waals surface area contributed by atoms with Crippen molar-refractivity contribution in [3.8, 4) is 17.3 Å². The summed E-state index contributed by atoms with van der Waals surface area (Å²) < 4.78 is 22.2. The largest absolute Gasteiger partial charge is 0.490 e. The van der Waals surface area contributed by atoms with E-state index in [0.717, 1.165) is 24.4 Å². The minimum atomic E-state index is 0.189. The zero-order chi connectivity index (χ0) is 17.8. The van der Waals surface area contributed by atoms with Gasteiger partial charge < -0.3 is 18.4 Å². The van der Waals surface area contributed by atoms with E-state index in [0.29, 0.717) is 24.7 Å². The molecule has 1 saturated heterocycles. The number of ether oxygens (including phenoxy) is 2. The highest BCUT2D eigenvalue weighted by molar-refractivity contribution is 5.49. The standard InChI is InChI=1S/C19H21N3O4/c1-23-17-9-15(13-25-16-4-2-6-20-10-16)22(12-17)11-14-8-19(26-21-14)18-5-3-7-24-18/h2-8,10,15,17H,9,11-13H2,1H3/t15-,17+/m0/s1. The van der Waals surface area contributed by atoms with Crippen molar-refractivity contribution >= 4 is 0 Å². The molecule has 1 aliphatic heterocycles. The van der Waals surface area contributed by atoms with Crippen molar-refractivity contribution in [2.45, 2.75) is 25.1 Å². The summed E-state index contributed by atoms with van der Waals surface area (Å²) in [5.74, 6) is 2.09. The number of pyridine rings is 1. The quantitative estimate of drug-likeness (QED) is 0.645. The van der Waals surface area contributed by atoms with Crippen LogP contribution < -0.4 is 4.74 Å². The fourth-order valence-corrected chi connectivity index (χ4v) is 3.23. The number of nitrogens with zero attached hydrogens (tertiary/aromatic N) is 3. The number of hydrogen-bond acceptors (Lipinski definition) is 7. The van der Waals surface area contributed by atoms with E-state index in [2.05, 4.69) is 15.0 Å². The predicted octanol–water partition coefficient (Wildman–Crippen LogP) is 3.00. The summed E-state index contributed by atoms with van der Waals surface area (Å²) in [5.41, 5.74) is 0.861. The van der Waals surface area contributed by atoms with Gasteiger partial charge in [-0.05, 0) is 30.7 Å². The van der Waals surface area contributed by atoms with Crippen LogP contribution in [0.1, 0.15) is 12.1 Å². The number of hydrogen-bond donors (Lipinski definition) is 0. The van der Waals surface area contributed by atoms with Crippen LogP contribution in [0.4, 0.5) is 0 Å². The van der Waals surface area contributed by atoms with Gasteiger partial charge in [0.05, 0.1) is 24.3 Å². The van der Waals surface area contributed by atoms with E-state index in [1.807, 2.05) is 30.3 Å². The van der Waals surface area contributed by atoms with Gasteiger partial charge >= 0.3 is 0 Å². The first-order valence-electron chi connectivity index (χ1n) is 8.61. The minimum absolute atomic E-state index is 0.189. The summed E-state index contributed by atoms with van der Waals surface area (Å²) in [5, 5.41) is 4.17.